The standard InChI is InChI=1S/C15H10ClF3N2O2S/c1-23-14(22)11-5-9(16)4-8-6-20-21(13(8)11)7-10-2-3-12(24-10)15(17,18)19/h2-6H,7H2,1H3. The fourth-order valence-corrected chi connectivity index (χ4v) is 3.43. The van der Waals surface area contributed by atoms with Gasteiger partial charge in [0.2, 0.25) is 0 Å². The zero-order chi connectivity index (χ0) is 17.5. The van der Waals surface area contributed by atoms with Crippen molar-refractivity contribution in [3.63, 3.8) is 0 Å². The van der Waals surface area contributed by atoms with Crippen LogP contribution in [0.15, 0.2) is 30.5 Å². The average Bonchev–Trinajstić information content (AvgIpc) is 3.13. The second-order valence-electron chi connectivity index (χ2n) is 4.95. The van der Waals surface area contributed by atoms with Gasteiger partial charge in [0.05, 0.1) is 30.9 Å². The summed E-state index contributed by atoms with van der Waals surface area (Å²) in [7, 11) is 1.24. The maximum atomic E-state index is 12.7. The molecule has 0 atom stereocenters. The second-order valence-corrected chi connectivity index (χ2v) is 6.55. The van der Waals surface area contributed by atoms with E-state index in [0.29, 0.717) is 32.1 Å². The van der Waals surface area contributed by atoms with Crippen LogP contribution in [-0.2, 0) is 17.5 Å². The van der Waals surface area contributed by atoms with E-state index in [1.165, 1.54) is 30.1 Å². The summed E-state index contributed by atoms with van der Waals surface area (Å²) in [5.41, 5.74) is 0.679. The molecule has 0 radical (unpaired) electrons. The number of halogens is 4. The van der Waals surface area contributed by atoms with E-state index in [1.807, 2.05) is 0 Å². The largest absolute Gasteiger partial charge is 0.465 e. The van der Waals surface area contributed by atoms with Crippen LogP contribution in [0.4, 0.5) is 13.2 Å². The van der Waals surface area contributed by atoms with E-state index in [4.69, 9.17) is 16.3 Å². The van der Waals surface area contributed by atoms with E-state index in [0.717, 1.165) is 6.07 Å². The minimum absolute atomic E-state index is 0.107. The number of carbonyl (C=O) groups is 1. The van der Waals surface area contributed by atoms with Crippen LogP contribution in [0.5, 0.6) is 0 Å². The van der Waals surface area contributed by atoms with Gasteiger partial charge in [-0.25, -0.2) is 4.79 Å². The van der Waals surface area contributed by atoms with E-state index in [9.17, 15) is 18.0 Å². The molecule has 0 aliphatic rings. The summed E-state index contributed by atoms with van der Waals surface area (Å²) in [6.45, 7) is 0.107. The van der Waals surface area contributed by atoms with Crippen LogP contribution in [0.25, 0.3) is 10.9 Å². The maximum absolute atomic E-state index is 12.7. The lowest BCUT2D eigenvalue weighted by Crippen LogP contribution is -2.07. The van der Waals surface area contributed by atoms with Crippen molar-refractivity contribution < 1.29 is 22.7 Å². The number of nitrogens with zero attached hydrogens (tertiary/aromatic N) is 2. The quantitative estimate of drug-likeness (QED) is 0.629. The summed E-state index contributed by atoms with van der Waals surface area (Å²) in [6.07, 6.45) is -2.87. The fourth-order valence-electron chi connectivity index (χ4n) is 2.34. The van der Waals surface area contributed by atoms with Crippen molar-refractivity contribution in [1.29, 1.82) is 0 Å². The number of ether oxygens (including phenoxy) is 1. The number of aromatic nitrogens is 2. The Morgan fingerprint density at radius 1 is 1.38 bits per heavy atom. The molecule has 2 aromatic heterocycles. The molecule has 0 saturated heterocycles. The molecule has 0 saturated carbocycles. The van der Waals surface area contributed by atoms with Crippen LogP contribution in [-0.4, -0.2) is 22.9 Å². The molecule has 4 nitrogen and oxygen atoms in total. The van der Waals surface area contributed by atoms with Gasteiger partial charge in [-0.3, -0.25) is 4.68 Å². The van der Waals surface area contributed by atoms with Gasteiger partial charge in [-0.1, -0.05) is 11.6 Å². The first kappa shape index (κ1) is 16.8. The number of thiophene rings is 1. The van der Waals surface area contributed by atoms with Crippen molar-refractivity contribution in [2.75, 3.05) is 7.11 Å². The molecule has 0 bridgehead atoms. The molecule has 0 aliphatic heterocycles. The first-order chi connectivity index (χ1) is 11.3. The lowest BCUT2D eigenvalue weighted by Gasteiger charge is -2.07. The number of esters is 1. The maximum Gasteiger partial charge on any atom is 0.425 e. The van der Waals surface area contributed by atoms with E-state index >= 15 is 0 Å². The molecule has 3 aromatic rings. The summed E-state index contributed by atoms with van der Waals surface area (Å²) in [5.74, 6) is -0.591. The summed E-state index contributed by atoms with van der Waals surface area (Å²) in [6, 6.07) is 5.50. The number of hydrogen-bond donors (Lipinski definition) is 0. The number of methoxy groups -OCH3 is 1. The topological polar surface area (TPSA) is 44.1 Å². The molecule has 2 heterocycles. The van der Waals surface area contributed by atoms with Crippen molar-refractivity contribution in [2.45, 2.75) is 12.7 Å². The third kappa shape index (κ3) is 3.11. The van der Waals surface area contributed by atoms with Gasteiger partial charge in [0.1, 0.15) is 4.88 Å². The van der Waals surface area contributed by atoms with E-state index < -0.39 is 17.0 Å². The Kier molecular flexibility index (Phi) is 4.27. The second kappa shape index (κ2) is 6.10. The van der Waals surface area contributed by atoms with Crippen LogP contribution in [0.3, 0.4) is 0 Å². The zero-order valence-corrected chi connectivity index (χ0v) is 13.8. The monoisotopic (exact) mass is 374 g/mol. The van der Waals surface area contributed by atoms with Gasteiger partial charge in [0.25, 0.3) is 0 Å². The highest BCUT2D eigenvalue weighted by atomic mass is 35.5. The predicted octanol–water partition coefficient (Wildman–Crippen LogP) is 4.60. The molecule has 126 valence electrons. The predicted molar refractivity (Wildman–Crippen MR) is 84.5 cm³/mol. The molecule has 24 heavy (non-hydrogen) atoms. The van der Waals surface area contributed by atoms with Crippen LogP contribution in [0, 0.1) is 0 Å². The first-order valence-corrected chi connectivity index (χ1v) is 7.88. The lowest BCUT2D eigenvalue weighted by molar-refractivity contribution is -0.134. The van der Waals surface area contributed by atoms with Crippen LogP contribution in [0.1, 0.15) is 20.1 Å². The summed E-state index contributed by atoms with van der Waals surface area (Å²) < 4.78 is 44.3. The number of fused-ring (bicyclic) bond motifs is 1. The van der Waals surface area contributed by atoms with Gasteiger partial charge in [-0.05, 0) is 24.3 Å². The molecule has 1 aromatic carbocycles. The lowest BCUT2D eigenvalue weighted by atomic mass is 10.1. The Labute approximate surface area is 143 Å². The SMILES string of the molecule is COC(=O)c1cc(Cl)cc2cnn(Cc3ccc(C(F)(F)F)s3)c12. The van der Waals surface area contributed by atoms with Crippen molar-refractivity contribution >= 4 is 39.8 Å². The van der Waals surface area contributed by atoms with Gasteiger partial charge in [-0.15, -0.1) is 11.3 Å². The Morgan fingerprint density at radius 2 is 2.12 bits per heavy atom. The smallest absolute Gasteiger partial charge is 0.425 e. The van der Waals surface area contributed by atoms with Crippen molar-refractivity contribution in [2.24, 2.45) is 0 Å². The molecule has 3 rings (SSSR count). The molecular formula is C15H10ClF3N2O2S. The number of alkyl halides is 3. The fraction of sp³-hybridized carbons (Fsp3) is 0.200. The highest BCUT2D eigenvalue weighted by Gasteiger charge is 2.32. The van der Waals surface area contributed by atoms with Crippen LogP contribution in [0.2, 0.25) is 5.02 Å². The normalized spacial score (nSPS) is 11.9. The highest BCUT2D eigenvalue weighted by molar-refractivity contribution is 7.12. The van der Waals surface area contributed by atoms with Gasteiger partial charge >= 0.3 is 12.1 Å². The summed E-state index contributed by atoms with van der Waals surface area (Å²) in [4.78, 5) is 11.7. The molecule has 9 heteroatoms. The minimum atomic E-state index is -4.38. The van der Waals surface area contributed by atoms with E-state index in [2.05, 4.69) is 5.10 Å². The Hall–Kier alpha value is -2.06. The van der Waals surface area contributed by atoms with Gasteiger partial charge in [0, 0.05) is 15.3 Å². The number of benzene rings is 1. The average molecular weight is 375 g/mol. The number of hydrogen-bond acceptors (Lipinski definition) is 4. The molecule has 0 N–H and O–H groups in total. The number of carbonyl (C=O) groups excluding carboxylic acids is 1. The minimum Gasteiger partial charge on any atom is -0.465 e. The Balaban J connectivity index is 2.04. The molecular weight excluding hydrogens is 365 g/mol. The molecule has 0 spiro atoms. The van der Waals surface area contributed by atoms with Crippen LogP contribution < -0.4 is 0 Å². The molecule has 0 fully saturated rings. The zero-order valence-electron chi connectivity index (χ0n) is 12.2. The molecule has 0 amide bonds. The third-order valence-electron chi connectivity index (χ3n) is 3.35. The van der Waals surface area contributed by atoms with Gasteiger partial charge < -0.3 is 4.74 Å². The number of rotatable bonds is 3. The van der Waals surface area contributed by atoms with E-state index in [1.54, 1.807) is 6.07 Å². The summed E-state index contributed by atoms with van der Waals surface area (Å²) in [5, 5.41) is 5.11. The van der Waals surface area contributed by atoms with Crippen LogP contribution >= 0.6 is 22.9 Å². The van der Waals surface area contributed by atoms with Crippen molar-refractivity contribution in [3.8, 4) is 0 Å². The first-order valence-electron chi connectivity index (χ1n) is 6.69. The summed E-state index contributed by atoms with van der Waals surface area (Å²) >= 11 is 6.62. The molecule has 0 aliphatic carbocycles. The van der Waals surface area contributed by atoms with Crippen molar-refractivity contribution in [3.05, 3.63) is 50.8 Å². The van der Waals surface area contributed by atoms with Gasteiger partial charge in [-0.2, -0.15) is 18.3 Å². The van der Waals surface area contributed by atoms with Crippen molar-refractivity contribution in [1.82, 2.24) is 9.78 Å². The molecule has 0 unspecified atom stereocenters. The Morgan fingerprint density at radius 3 is 2.75 bits per heavy atom. The highest BCUT2D eigenvalue weighted by Crippen LogP contribution is 2.35. The Bertz CT molecular complexity index is 917. The van der Waals surface area contributed by atoms with E-state index in [-0.39, 0.29) is 12.1 Å². The third-order valence-corrected chi connectivity index (χ3v) is 4.68. The van der Waals surface area contributed by atoms with Gasteiger partial charge in [0.15, 0.2) is 0 Å².